The maximum atomic E-state index is 5.52. The second kappa shape index (κ2) is 1.99. The summed E-state index contributed by atoms with van der Waals surface area (Å²) in [5, 5.41) is 0.763. The number of hydrogen-bond acceptors (Lipinski definition) is 0. The van der Waals surface area contributed by atoms with E-state index in [0.29, 0.717) is 0 Å². The SMILES string of the molecule is Clc1cc[c-]cc1. The zero-order valence-electron chi connectivity index (χ0n) is 3.69. The fraction of sp³-hybridized carbons (Fsp3) is 0. The lowest BCUT2D eigenvalue weighted by molar-refractivity contribution is 1.69. The standard InChI is InChI=1S/C6H4Cl/c7-6-4-2-1-3-5-6/h2-5H/q-1. The van der Waals surface area contributed by atoms with Gasteiger partial charge in [0.2, 0.25) is 0 Å². The molecule has 0 fully saturated rings. The van der Waals surface area contributed by atoms with Crippen LogP contribution in [0.1, 0.15) is 0 Å². The van der Waals surface area contributed by atoms with E-state index in [4.69, 9.17) is 11.6 Å². The van der Waals surface area contributed by atoms with E-state index >= 15 is 0 Å². The van der Waals surface area contributed by atoms with Gasteiger partial charge >= 0.3 is 0 Å². The Morgan fingerprint density at radius 3 is 2.14 bits per heavy atom. The van der Waals surface area contributed by atoms with Gasteiger partial charge in [-0.3, -0.25) is 0 Å². The molecule has 0 bridgehead atoms. The molecule has 0 saturated carbocycles. The molecule has 0 N–H and O–H groups in total. The summed E-state index contributed by atoms with van der Waals surface area (Å²) in [7, 11) is 0. The lowest BCUT2D eigenvalue weighted by Crippen LogP contribution is -1.56. The molecular weight excluding hydrogens is 108 g/mol. The van der Waals surface area contributed by atoms with Gasteiger partial charge in [0.1, 0.15) is 0 Å². The molecule has 1 aromatic carbocycles. The van der Waals surface area contributed by atoms with Crippen molar-refractivity contribution in [2.75, 3.05) is 0 Å². The zero-order chi connectivity index (χ0) is 5.11. The molecule has 0 aliphatic carbocycles. The molecule has 0 spiro atoms. The minimum atomic E-state index is 0.763. The van der Waals surface area contributed by atoms with Crippen LogP contribution in [0.2, 0.25) is 5.02 Å². The summed E-state index contributed by atoms with van der Waals surface area (Å²) in [6, 6.07) is 10.00. The number of benzene rings is 1. The fourth-order valence-corrected chi connectivity index (χ4v) is 0.493. The van der Waals surface area contributed by atoms with Crippen LogP contribution >= 0.6 is 11.6 Å². The maximum Gasteiger partial charge on any atom is -0.0681 e. The first-order valence-corrected chi connectivity index (χ1v) is 2.39. The van der Waals surface area contributed by atoms with Crippen LogP contribution in [0.4, 0.5) is 0 Å². The summed E-state index contributed by atoms with van der Waals surface area (Å²) >= 11 is 5.52. The molecule has 0 amide bonds. The van der Waals surface area contributed by atoms with Crippen LogP contribution in [0.15, 0.2) is 24.3 Å². The van der Waals surface area contributed by atoms with Gasteiger partial charge in [0.15, 0.2) is 0 Å². The van der Waals surface area contributed by atoms with Crippen molar-refractivity contribution in [1.82, 2.24) is 0 Å². The Kier molecular flexibility index (Phi) is 1.32. The summed E-state index contributed by atoms with van der Waals surface area (Å²) in [4.78, 5) is 0. The van der Waals surface area contributed by atoms with Gasteiger partial charge in [0.05, 0.1) is 0 Å². The molecule has 0 heterocycles. The third kappa shape index (κ3) is 1.20. The zero-order valence-corrected chi connectivity index (χ0v) is 4.44. The second-order valence-electron chi connectivity index (χ2n) is 1.22. The molecule has 36 valence electrons. The molecule has 1 rings (SSSR count). The van der Waals surface area contributed by atoms with Gasteiger partial charge in [-0.05, 0) is 0 Å². The summed E-state index contributed by atoms with van der Waals surface area (Å²) < 4.78 is 0. The lowest BCUT2D eigenvalue weighted by atomic mass is 10.4. The molecule has 0 aliphatic heterocycles. The van der Waals surface area contributed by atoms with E-state index in [1.165, 1.54) is 0 Å². The average molecular weight is 112 g/mol. The van der Waals surface area contributed by atoms with Crippen molar-refractivity contribution < 1.29 is 0 Å². The van der Waals surface area contributed by atoms with Crippen molar-refractivity contribution in [3.63, 3.8) is 0 Å². The van der Waals surface area contributed by atoms with E-state index in [2.05, 4.69) is 6.07 Å². The molecule has 1 aromatic rings. The molecule has 0 saturated heterocycles. The Bertz CT molecular complexity index is 134. The Hall–Kier alpha value is -0.490. The first-order chi connectivity index (χ1) is 3.39. The van der Waals surface area contributed by atoms with Crippen LogP contribution in [0.5, 0.6) is 0 Å². The van der Waals surface area contributed by atoms with Crippen molar-refractivity contribution in [3.8, 4) is 0 Å². The highest BCUT2D eigenvalue weighted by Crippen LogP contribution is 2.03. The lowest BCUT2D eigenvalue weighted by Gasteiger charge is -1.90. The van der Waals surface area contributed by atoms with Crippen molar-refractivity contribution in [2.45, 2.75) is 0 Å². The van der Waals surface area contributed by atoms with Gasteiger partial charge in [-0.25, -0.2) is 0 Å². The highest BCUT2D eigenvalue weighted by Gasteiger charge is 1.64. The van der Waals surface area contributed by atoms with Crippen LogP contribution in [0, 0.1) is 6.07 Å². The Balaban J connectivity index is 3.02. The van der Waals surface area contributed by atoms with Crippen LogP contribution in [0.25, 0.3) is 0 Å². The van der Waals surface area contributed by atoms with Gasteiger partial charge < -0.3 is 0 Å². The largest absolute Gasteiger partial charge is 0.184 e. The first-order valence-electron chi connectivity index (χ1n) is 2.01. The van der Waals surface area contributed by atoms with E-state index < -0.39 is 0 Å². The molecule has 0 nitrogen and oxygen atoms in total. The van der Waals surface area contributed by atoms with Crippen LogP contribution in [-0.2, 0) is 0 Å². The third-order valence-electron chi connectivity index (χ3n) is 0.678. The first kappa shape index (κ1) is 4.66. The Morgan fingerprint density at radius 2 is 1.86 bits per heavy atom. The maximum absolute atomic E-state index is 5.52. The minimum absolute atomic E-state index is 0.763. The van der Waals surface area contributed by atoms with Crippen molar-refractivity contribution in [2.24, 2.45) is 0 Å². The van der Waals surface area contributed by atoms with E-state index in [0.717, 1.165) is 5.02 Å². The summed E-state index contributed by atoms with van der Waals surface area (Å²) in [5.74, 6) is 0. The highest BCUT2D eigenvalue weighted by atomic mass is 35.5. The van der Waals surface area contributed by atoms with E-state index in [-0.39, 0.29) is 0 Å². The van der Waals surface area contributed by atoms with Gasteiger partial charge in [-0.1, -0.05) is 5.02 Å². The Labute approximate surface area is 47.7 Å². The van der Waals surface area contributed by atoms with Gasteiger partial charge in [0, 0.05) is 0 Å². The van der Waals surface area contributed by atoms with E-state index in [1.807, 2.05) is 0 Å². The molecule has 1 heteroatoms. The number of hydrogen-bond donors (Lipinski definition) is 0. The molecular formula is C6H4Cl-. The predicted octanol–water partition coefficient (Wildman–Crippen LogP) is 2.14. The molecule has 0 radical (unpaired) electrons. The summed E-state index contributed by atoms with van der Waals surface area (Å²) in [6.45, 7) is 0. The van der Waals surface area contributed by atoms with Crippen LogP contribution < -0.4 is 0 Å². The van der Waals surface area contributed by atoms with Gasteiger partial charge in [0.25, 0.3) is 0 Å². The second-order valence-corrected chi connectivity index (χ2v) is 1.65. The fourth-order valence-electron chi connectivity index (χ4n) is 0.367. The normalized spacial score (nSPS) is 8.71. The monoisotopic (exact) mass is 111 g/mol. The van der Waals surface area contributed by atoms with Crippen molar-refractivity contribution in [1.29, 1.82) is 0 Å². The van der Waals surface area contributed by atoms with Gasteiger partial charge in [-0.2, -0.15) is 30.3 Å². The predicted molar refractivity (Wildman–Crippen MR) is 30.3 cm³/mol. The number of halogens is 1. The molecule has 0 aliphatic rings. The van der Waals surface area contributed by atoms with Crippen molar-refractivity contribution >= 4 is 11.6 Å². The smallest absolute Gasteiger partial charge is 0.0681 e. The van der Waals surface area contributed by atoms with E-state index in [1.54, 1.807) is 24.3 Å². The molecule has 0 aromatic heterocycles. The minimum Gasteiger partial charge on any atom is -0.184 e. The quantitative estimate of drug-likeness (QED) is 0.450. The summed E-state index contributed by atoms with van der Waals surface area (Å²) in [5.41, 5.74) is 0. The molecule has 0 unspecified atom stereocenters. The van der Waals surface area contributed by atoms with Crippen LogP contribution in [0.3, 0.4) is 0 Å². The average Bonchev–Trinajstić information content (AvgIpc) is 1.69. The van der Waals surface area contributed by atoms with Crippen molar-refractivity contribution in [3.05, 3.63) is 35.4 Å². The number of rotatable bonds is 0. The topological polar surface area (TPSA) is 0 Å². The Morgan fingerprint density at radius 1 is 1.29 bits per heavy atom. The molecule has 0 atom stereocenters. The highest BCUT2D eigenvalue weighted by molar-refractivity contribution is 6.30. The van der Waals surface area contributed by atoms with E-state index in [9.17, 15) is 0 Å². The van der Waals surface area contributed by atoms with Gasteiger partial charge in [-0.15, -0.1) is 11.6 Å². The third-order valence-corrected chi connectivity index (χ3v) is 0.930. The van der Waals surface area contributed by atoms with Crippen LogP contribution in [-0.4, -0.2) is 0 Å². The summed E-state index contributed by atoms with van der Waals surface area (Å²) in [6.07, 6.45) is 0. The molecule has 7 heavy (non-hydrogen) atoms.